The van der Waals surface area contributed by atoms with Crippen LogP contribution in [0.5, 0.6) is 0 Å². The summed E-state index contributed by atoms with van der Waals surface area (Å²) in [6.07, 6.45) is 6.74. The number of thiophene rings is 1. The molecule has 2 aromatic rings. The molecule has 7 heteroatoms. The van der Waals surface area contributed by atoms with Crippen molar-refractivity contribution in [3.05, 3.63) is 46.9 Å². The van der Waals surface area contributed by atoms with Crippen LogP contribution in [0.2, 0.25) is 0 Å². The number of pyridine rings is 1. The van der Waals surface area contributed by atoms with Gasteiger partial charge in [0.1, 0.15) is 0 Å². The van der Waals surface area contributed by atoms with Gasteiger partial charge >= 0.3 is 11.8 Å². The van der Waals surface area contributed by atoms with Crippen molar-refractivity contribution >= 4 is 28.8 Å². The fourth-order valence-corrected chi connectivity index (χ4v) is 3.75. The van der Waals surface area contributed by atoms with Crippen molar-refractivity contribution in [1.29, 1.82) is 0 Å². The Morgan fingerprint density at radius 3 is 2.56 bits per heavy atom. The molecule has 0 radical (unpaired) electrons. The quantitative estimate of drug-likeness (QED) is 0.805. The Hall–Kier alpha value is -2.25. The van der Waals surface area contributed by atoms with Crippen LogP contribution in [0.4, 0.5) is 5.69 Å². The van der Waals surface area contributed by atoms with Gasteiger partial charge < -0.3 is 10.6 Å². The molecule has 0 aliphatic carbocycles. The number of hydrogen-bond acceptors (Lipinski definition) is 5. The smallest absolute Gasteiger partial charge is 0.313 e. The van der Waals surface area contributed by atoms with Gasteiger partial charge in [-0.3, -0.25) is 19.5 Å². The van der Waals surface area contributed by atoms with Crippen molar-refractivity contribution in [3.63, 3.8) is 0 Å². The first-order chi connectivity index (χ1) is 12.2. The summed E-state index contributed by atoms with van der Waals surface area (Å²) in [6.45, 7) is 2.48. The van der Waals surface area contributed by atoms with Crippen LogP contribution in [0, 0.1) is 0 Å². The van der Waals surface area contributed by atoms with Crippen LogP contribution in [0.25, 0.3) is 0 Å². The number of anilines is 1. The number of piperidine rings is 1. The van der Waals surface area contributed by atoms with Crippen LogP contribution in [0.1, 0.15) is 30.9 Å². The predicted octanol–water partition coefficient (Wildman–Crippen LogP) is 2.43. The number of aromatic nitrogens is 1. The van der Waals surface area contributed by atoms with E-state index in [1.807, 2.05) is 5.38 Å². The van der Waals surface area contributed by atoms with Gasteiger partial charge in [0.15, 0.2) is 0 Å². The number of rotatable bonds is 5. The second-order valence-electron chi connectivity index (χ2n) is 6.07. The molecule has 1 aliphatic rings. The molecule has 0 aromatic carbocycles. The van der Waals surface area contributed by atoms with Gasteiger partial charge in [0.05, 0.1) is 6.04 Å². The number of likely N-dealkylation sites (tertiary alicyclic amines) is 1. The third kappa shape index (κ3) is 4.87. The molecular weight excluding hydrogens is 336 g/mol. The Balaban J connectivity index is 1.58. The second kappa shape index (κ2) is 8.73. The van der Waals surface area contributed by atoms with Crippen molar-refractivity contribution in [1.82, 2.24) is 15.2 Å². The number of carbonyl (C=O) groups is 2. The van der Waals surface area contributed by atoms with E-state index in [-0.39, 0.29) is 6.04 Å². The summed E-state index contributed by atoms with van der Waals surface area (Å²) in [5, 5.41) is 9.52. The lowest BCUT2D eigenvalue weighted by Gasteiger charge is -2.34. The normalized spacial score (nSPS) is 16.2. The molecule has 1 aliphatic heterocycles. The topological polar surface area (TPSA) is 74.3 Å². The molecule has 25 heavy (non-hydrogen) atoms. The number of nitrogens with one attached hydrogen (secondary N) is 2. The van der Waals surface area contributed by atoms with Gasteiger partial charge in [-0.05, 0) is 60.5 Å². The van der Waals surface area contributed by atoms with Crippen LogP contribution >= 0.6 is 11.3 Å². The SMILES string of the molecule is O=C(NCC(c1ccsc1)N1CCCCC1)C(=O)Nc1ccncc1. The highest BCUT2D eigenvalue weighted by molar-refractivity contribution is 7.08. The molecule has 6 nitrogen and oxygen atoms in total. The fraction of sp³-hybridized carbons (Fsp3) is 0.389. The minimum atomic E-state index is -0.658. The minimum absolute atomic E-state index is 0.115. The van der Waals surface area contributed by atoms with Gasteiger partial charge in [0, 0.05) is 24.6 Å². The number of hydrogen-bond donors (Lipinski definition) is 2. The van der Waals surface area contributed by atoms with E-state index in [1.165, 1.54) is 24.8 Å². The Morgan fingerprint density at radius 1 is 1.12 bits per heavy atom. The van der Waals surface area contributed by atoms with Crippen molar-refractivity contribution in [2.75, 3.05) is 25.0 Å². The molecule has 3 heterocycles. The summed E-state index contributed by atoms with van der Waals surface area (Å²) in [5.74, 6) is -1.28. The van der Waals surface area contributed by atoms with Crippen LogP contribution in [-0.4, -0.2) is 41.3 Å². The van der Waals surface area contributed by atoms with Gasteiger partial charge in [-0.2, -0.15) is 11.3 Å². The summed E-state index contributed by atoms with van der Waals surface area (Å²) in [5.41, 5.74) is 1.75. The van der Waals surface area contributed by atoms with Gasteiger partial charge in [0.25, 0.3) is 0 Å². The molecule has 2 N–H and O–H groups in total. The largest absolute Gasteiger partial charge is 0.346 e. The molecule has 1 fully saturated rings. The van der Waals surface area contributed by atoms with Crippen LogP contribution in [0.3, 0.4) is 0 Å². The first kappa shape index (κ1) is 17.6. The maximum Gasteiger partial charge on any atom is 0.313 e. The molecule has 0 spiro atoms. The van der Waals surface area contributed by atoms with Crippen LogP contribution in [0.15, 0.2) is 41.4 Å². The molecule has 1 unspecified atom stereocenters. The molecule has 1 atom stereocenters. The Morgan fingerprint density at radius 2 is 1.88 bits per heavy atom. The van der Waals surface area contributed by atoms with E-state index in [4.69, 9.17) is 0 Å². The van der Waals surface area contributed by atoms with E-state index in [9.17, 15) is 9.59 Å². The molecule has 1 saturated heterocycles. The minimum Gasteiger partial charge on any atom is -0.346 e. The highest BCUT2D eigenvalue weighted by Gasteiger charge is 2.24. The van der Waals surface area contributed by atoms with E-state index in [1.54, 1.807) is 35.9 Å². The zero-order valence-electron chi connectivity index (χ0n) is 14.0. The number of carbonyl (C=O) groups excluding carboxylic acids is 2. The lowest BCUT2D eigenvalue weighted by atomic mass is 10.0. The fourth-order valence-electron chi connectivity index (χ4n) is 3.05. The van der Waals surface area contributed by atoms with Crippen molar-refractivity contribution < 1.29 is 9.59 Å². The Bertz CT molecular complexity index is 684. The molecule has 0 bridgehead atoms. The summed E-state index contributed by atoms with van der Waals surface area (Å²) < 4.78 is 0. The average Bonchev–Trinajstić information content (AvgIpc) is 3.18. The lowest BCUT2D eigenvalue weighted by molar-refractivity contribution is -0.136. The van der Waals surface area contributed by atoms with Crippen LogP contribution < -0.4 is 10.6 Å². The van der Waals surface area contributed by atoms with Gasteiger partial charge in [0.2, 0.25) is 0 Å². The maximum absolute atomic E-state index is 12.1. The zero-order valence-corrected chi connectivity index (χ0v) is 14.8. The summed E-state index contributed by atoms with van der Waals surface area (Å²) >= 11 is 1.65. The second-order valence-corrected chi connectivity index (χ2v) is 6.85. The van der Waals surface area contributed by atoms with E-state index < -0.39 is 11.8 Å². The molecule has 3 rings (SSSR count). The molecule has 2 aromatic heterocycles. The predicted molar refractivity (Wildman–Crippen MR) is 98.4 cm³/mol. The third-order valence-electron chi connectivity index (χ3n) is 4.36. The van der Waals surface area contributed by atoms with Crippen molar-refractivity contribution in [2.24, 2.45) is 0 Å². The van der Waals surface area contributed by atoms with Gasteiger partial charge in [-0.25, -0.2) is 0 Å². The zero-order chi connectivity index (χ0) is 17.5. The molecule has 132 valence electrons. The lowest BCUT2D eigenvalue weighted by Crippen LogP contribution is -2.43. The highest BCUT2D eigenvalue weighted by atomic mass is 32.1. The summed E-state index contributed by atoms with van der Waals surface area (Å²) in [6, 6.07) is 5.50. The van der Waals surface area contributed by atoms with Gasteiger partial charge in [-0.1, -0.05) is 6.42 Å². The molecule has 2 amide bonds. The summed E-state index contributed by atoms with van der Waals surface area (Å²) in [4.78, 5) is 30.5. The average molecular weight is 358 g/mol. The molecule has 0 saturated carbocycles. The van der Waals surface area contributed by atoms with E-state index >= 15 is 0 Å². The van der Waals surface area contributed by atoms with E-state index in [2.05, 4.69) is 32.0 Å². The maximum atomic E-state index is 12.1. The monoisotopic (exact) mass is 358 g/mol. The van der Waals surface area contributed by atoms with Gasteiger partial charge in [-0.15, -0.1) is 0 Å². The Kier molecular flexibility index (Phi) is 6.14. The van der Waals surface area contributed by atoms with Crippen molar-refractivity contribution in [2.45, 2.75) is 25.3 Å². The first-order valence-corrected chi connectivity index (χ1v) is 9.43. The third-order valence-corrected chi connectivity index (χ3v) is 5.06. The summed E-state index contributed by atoms with van der Waals surface area (Å²) in [7, 11) is 0. The molecular formula is C18H22N4O2S. The number of amides is 2. The van der Waals surface area contributed by atoms with E-state index in [0.717, 1.165) is 13.1 Å². The van der Waals surface area contributed by atoms with Crippen LogP contribution in [-0.2, 0) is 9.59 Å². The first-order valence-electron chi connectivity index (χ1n) is 8.49. The van der Waals surface area contributed by atoms with Crippen molar-refractivity contribution in [3.8, 4) is 0 Å². The standard InChI is InChI=1S/C18H22N4O2S/c23-17(18(24)21-15-4-7-19-8-5-15)20-12-16(14-6-11-25-13-14)22-9-2-1-3-10-22/h4-8,11,13,16H,1-3,9-10,12H2,(H,20,23)(H,19,21,24). The van der Waals surface area contributed by atoms with E-state index in [0.29, 0.717) is 12.2 Å². The Labute approximate surface area is 151 Å². The highest BCUT2D eigenvalue weighted by Crippen LogP contribution is 2.25. The number of nitrogens with zero attached hydrogens (tertiary/aromatic N) is 2.